The van der Waals surface area contributed by atoms with Crippen molar-refractivity contribution in [1.82, 2.24) is 4.98 Å². The van der Waals surface area contributed by atoms with E-state index in [1.807, 2.05) is 0 Å². The SMILES string of the molecule is COc1ncc(S(C)(=O)=O)cc1C. The van der Waals surface area contributed by atoms with Gasteiger partial charge < -0.3 is 4.74 Å². The van der Waals surface area contributed by atoms with Crippen LogP contribution in [0.5, 0.6) is 5.88 Å². The number of rotatable bonds is 2. The Labute approximate surface area is 77.5 Å². The molecule has 0 N–H and O–H groups in total. The van der Waals surface area contributed by atoms with Crippen molar-refractivity contribution in [3.05, 3.63) is 17.8 Å². The number of aryl methyl sites for hydroxylation is 1. The minimum Gasteiger partial charge on any atom is -0.481 e. The molecule has 1 aromatic rings. The molecule has 0 aliphatic rings. The molecule has 1 rings (SSSR count). The Balaban J connectivity index is 3.26. The van der Waals surface area contributed by atoms with Crippen LogP contribution < -0.4 is 4.74 Å². The van der Waals surface area contributed by atoms with Crippen LogP contribution in [0.25, 0.3) is 0 Å². The van der Waals surface area contributed by atoms with Crippen LogP contribution in [0.3, 0.4) is 0 Å². The van der Waals surface area contributed by atoms with Crippen LogP contribution in [-0.2, 0) is 9.84 Å². The highest BCUT2D eigenvalue weighted by atomic mass is 32.2. The first-order chi connectivity index (χ1) is 5.95. The quantitative estimate of drug-likeness (QED) is 0.710. The van der Waals surface area contributed by atoms with E-state index in [0.717, 1.165) is 6.26 Å². The molecule has 0 aliphatic heterocycles. The third-order valence-corrected chi connectivity index (χ3v) is 2.71. The summed E-state index contributed by atoms with van der Waals surface area (Å²) in [5.74, 6) is 0.451. The molecule has 1 aromatic heterocycles. The number of sulfone groups is 1. The molecule has 0 unspecified atom stereocenters. The fourth-order valence-corrected chi connectivity index (χ4v) is 1.59. The Morgan fingerprint density at radius 3 is 2.46 bits per heavy atom. The second-order valence-corrected chi connectivity index (χ2v) is 4.79. The standard InChI is InChI=1S/C8H11NO3S/c1-6-4-7(13(3,10)11)5-9-8(6)12-2/h4-5H,1-3H3. The van der Waals surface area contributed by atoms with E-state index in [9.17, 15) is 8.42 Å². The van der Waals surface area contributed by atoms with Crippen molar-refractivity contribution in [3.63, 3.8) is 0 Å². The largest absolute Gasteiger partial charge is 0.481 e. The molecule has 72 valence electrons. The lowest BCUT2D eigenvalue weighted by Gasteiger charge is -2.04. The number of hydrogen-bond donors (Lipinski definition) is 0. The van der Waals surface area contributed by atoms with Crippen LogP contribution in [0, 0.1) is 6.92 Å². The van der Waals surface area contributed by atoms with Gasteiger partial charge in [-0.2, -0.15) is 0 Å². The highest BCUT2D eigenvalue weighted by molar-refractivity contribution is 7.90. The Kier molecular flexibility index (Phi) is 2.56. The van der Waals surface area contributed by atoms with Gasteiger partial charge in [0.1, 0.15) is 0 Å². The van der Waals surface area contributed by atoms with Gasteiger partial charge in [0.05, 0.1) is 12.0 Å². The highest BCUT2D eigenvalue weighted by Gasteiger charge is 2.09. The fraction of sp³-hybridized carbons (Fsp3) is 0.375. The number of hydrogen-bond acceptors (Lipinski definition) is 4. The Morgan fingerprint density at radius 1 is 1.46 bits per heavy atom. The van der Waals surface area contributed by atoms with Gasteiger partial charge in [-0.1, -0.05) is 0 Å². The topological polar surface area (TPSA) is 56.3 Å². The maximum absolute atomic E-state index is 11.1. The summed E-state index contributed by atoms with van der Waals surface area (Å²) in [6.45, 7) is 1.75. The summed E-state index contributed by atoms with van der Waals surface area (Å²) >= 11 is 0. The van der Waals surface area contributed by atoms with Crippen molar-refractivity contribution in [2.45, 2.75) is 11.8 Å². The molecule has 0 saturated carbocycles. The summed E-state index contributed by atoms with van der Waals surface area (Å²) in [7, 11) is -1.67. The Bertz CT molecular complexity index is 411. The number of aromatic nitrogens is 1. The van der Waals surface area contributed by atoms with E-state index in [0.29, 0.717) is 11.4 Å². The van der Waals surface area contributed by atoms with Crippen molar-refractivity contribution in [3.8, 4) is 5.88 Å². The lowest BCUT2D eigenvalue weighted by Crippen LogP contribution is -2.00. The van der Waals surface area contributed by atoms with Crippen LogP contribution in [-0.4, -0.2) is 26.8 Å². The van der Waals surface area contributed by atoms with E-state index in [-0.39, 0.29) is 4.90 Å². The molecular weight excluding hydrogens is 190 g/mol. The number of methoxy groups -OCH3 is 1. The first kappa shape index (κ1) is 9.98. The first-order valence-electron chi connectivity index (χ1n) is 3.66. The minimum atomic E-state index is -3.17. The number of pyridine rings is 1. The van der Waals surface area contributed by atoms with E-state index in [1.165, 1.54) is 13.3 Å². The molecule has 5 heteroatoms. The average molecular weight is 201 g/mol. The molecule has 0 aliphatic carbocycles. The summed E-state index contributed by atoms with van der Waals surface area (Å²) in [6, 6.07) is 1.54. The van der Waals surface area contributed by atoms with Crippen molar-refractivity contribution < 1.29 is 13.2 Å². The fourth-order valence-electron chi connectivity index (χ4n) is 0.953. The van der Waals surface area contributed by atoms with Crippen LogP contribution in [0.4, 0.5) is 0 Å². The minimum absolute atomic E-state index is 0.214. The van der Waals surface area contributed by atoms with Gasteiger partial charge in [-0.3, -0.25) is 0 Å². The number of nitrogens with zero attached hydrogens (tertiary/aromatic N) is 1. The van der Waals surface area contributed by atoms with Gasteiger partial charge in [0.25, 0.3) is 0 Å². The predicted molar refractivity (Wildman–Crippen MR) is 48.6 cm³/mol. The summed E-state index contributed by atoms with van der Waals surface area (Å²) in [4.78, 5) is 4.08. The zero-order chi connectivity index (χ0) is 10.1. The molecule has 0 fully saturated rings. The third-order valence-electron chi connectivity index (χ3n) is 1.63. The molecule has 0 aromatic carbocycles. The molecule has 0 radical (unpaired) electrons. The Morgan fingerprint density at radius 2 is 2.08 bits per heavy atom. The van der Waals surface area contributed by atoms with Gasteiger partial charge >= 0.3 is 0 Å². The van der Waals surface area contributed by atoms with Gasteiger partial charge in [0.15, 0.2) is 9.84 Å². The molecule has 1 heterocycles. The van der Waals surface area contributed by atoms with Gasteiger partial charge in [-0.15, -0.1) is 0 Å². The first-order valence-corrected chi connectivity index (χ1v) is 5.55. The van der Waals surface area contributed by atoms with Crippen molar-refractivity contribution in [2.24, 2.45) is 0 Å². The zero-order valence-electron chi connectivity index (χ0n) is 7.73. The monoisotopic (exact) mass is 201 g/mol. The molecule has 0 spiro atoms. The second kappa shape index (κ2) is 3.33. The summed E-state index contributed by atoms with van der Waals surface area (Å²) in [6.07, 6.45) is 2.44. The maximum Gasteiger partial charge on any atom is 0.215 e. The highest BCUT2D eigenvalue weighted by Crippen LogP contribution is 2.17. The molecule has 0 saturated heterocycles. The van der Waals surface area contributed by atoms with Gasteiger partial charge in [0.2, 0.25) is 5.88 Å². The molecule has 0 atom stereocenters. The lowest BCUT2D eigenvalue weighted by atomic mass is 10.3. The maximum atomic E-state index is 11.1. The zero-order valence-corrected chi connectivity index (χ0v) is 8.55. The van der Waals surface area contributed by atoms with E-state index in [4.69, 9.17) is 4.74 Å². The normalized spacial score (nSPS) is 11.3. The van der Waals surface area contributed by atoms with Crippen molar-refractivity contribution in [1.29, 1.82) is 0 Å². The van der Waals surface area contributed by atoms with E-state index in [1.54, 1.807) is 13.0 Å². The lowest BCUT2D eigenvalue weighted by molar-refractivity contribution is 0.394. The van der Waals surface area contributed by atoms with Gasteiger partial charge in [-0.05, 0) is 13.0 Å². The second-order valence-electron chi connectivity index (χ2n) is 2.77. The molecule has 0 bridgehead atoms. The van der Waals surface area contributed by atoms with Crippen LogP contribution in [0.1, 0.15) is 5.56 Å². The van der Waals surface area contributed by atoms with Crippen LogP contribution >= 0.6 is 0 Å². The predicted octanol–water partition coefficient (Wildman–Crippen LogP) is 0.802. The van der Waals surface area contributed by atoms with Crippen molar-refractivity contribution >= 4 is 9.84 Å². The van der Waals surface area contributed by atoms with Gasteiger partial charge in [-0.25, -0.2) is 13.4 Å². The Hall–Kier alpha value is -1.10. The van der Waals surface area contributed by atoms with Crippen LogP contribution in [0.2, 0.25) is 0 Å². The van der Waals surface area contributed by atoms with E-state index in [2.05, 4.69) is 4.98 Å². The van der Waals surface area contributed by atoms with Crippen LogP contribution in [0.15, 0.2) is 17.2 Å². The molecule has 0 amide bonds. The third kappa shape index (κ3) is 2.18. The van der Waals surface area contributed by atoms with Gasteiger partial charge in [0, 0.05) is 18.0 Å². The smallest absolute Gasteiger partial charge is 0.215 e. The summed E-state index contributed by atoms with van der Waals surface area (Å²) in [5.41, 5.74) is 0.713. The molecule has 4 nitrogen and oxygen atoms in total. The van der Waals surface area contributed by atoms with Crippen molar-refractivity contribution in [2.75, 3.05) is 13.4 Å². The molecular formula is C8H11NO3S. The summed E-state index contributed by atoms with van der Waals surface area (Å²) < 4.78 is 27.1. The molecule has 13 heavy (non-hydrogen) atoms. The van der Waals surface area contributed by atoms with E-state index >= 15 is 0 Å². The number of ether oxygens (including phenoxy) is 1. The summed E-state index contributed by atoms with van der Waals surface area (Å²) in [5, 5.41) is 0. The average Bonchev–Trinajstić information content (AvgIpc) is 2.02. The van der Waals surface area contributed by atoms with E-state index < -0.39 is 9.84 Å².